The van der Waals surface area contributed by atoms with E-state index in [2.05, 4.69) is 31.2 Å². The summed E-state index contributed by atoms with van der Waals surface area (Å²) in [4.78, 5) is 8.45. The summed E-state index contributed by atoms with van der Waals surface area (Å²) in [5, 5.41) is 5.27. The van der Waals surface area contributed by atoms with E-state index < -0.39 is 0 Å². The molecule has 0 saturated heterocycles. The lowest BCUT2D eigenvalue weighted by Gasteiger charge is -2.07. The molecule has 0 aromatic carbocycles. The van der Waals surface area contributed by atoms with Crippen molar-refractivity contribution in [2.24, 2.45) is 0 Å². The first-order valence-corrected chi connectivity index (χ1v) is 6.23. The molecular weight excluding hydrogens is 274 g/mol. The normalized spacial score (nSPS) is 10.3. The number of hydrogen-bond acceptors (Lipinski definition) is 4. The second-order valence-corrected chi connectivity index (χ2v) is 4.64. The Kier molecular flexibility index (Phi) is 3.33. The highest BCUT2D eigenvalue weighted by atomic mass is 79.9. The van der Waals surface area contributed by atoms with Crippen LogP contribution >= 0.6 is 27.3 Å². The van der Waals surface area contributed by atoms with Crippen LogP contribution in [0.2, 0.25) is 0 Å². The van der Waals surface area contributed by atoms with Crippen LogP contribution in [0.25, 0.3) is 0 Å². The van der Waals surface area contributed by atoms with E-state index in [9.17, 15) is 0 Å². The minimum Gasteiger partial charge on any atom is -0.363 e. The van der Waals surface area contributed by atoms with Gasteiger partial charge < -0.3 is 5.32 Å². The summed E-state index contributed by atoms with van der Waals surface area (Å²) in [5.74, 6) is 0.864. The molecule has 0 aliphatic carbocycles. The fourth-order valence-corrected chi connectivity index (χ4v) is 2.10. The van der Waals surface area contributed by atoms with Crippen LogP contribution in [0.1, 0.15) is 11.3 Å². The Morgan fingerprint density at radius 1 is 1.47 bits per heavy atom. The third kappa shape index (κ3) is 2.54. The maximum Gasteiger partial charge on any atom is 0.140 e. The fraction of sp³-hybridized carbons (Fsp3) is 0.200. The van der Waals surface area contributed by atoms with Crippen molar-refractivity contribution in [3.05, 3.63) is 38.9 Å². The highest BCUT2D eigenvalue weighted by Gasteiger charge is 2.03. The molecule has 0 amide bonds. The average molecular weight is 284 g/mol. The first-order valence-electron chi connectivity index (χ1n) is 4.49. The van der Waals surface area contributed by atoms with E-state index in [4.69, 9.17) is 0 Å². The average Bonchev–Trinajstić information content (AvgIpc) is 2.73. The molecule has 1 N–H and O–H groups in total. The summed E-state index contributed by atoms with van der Waals surface area (Å²) in [6, 6.07) is 1.97. The molecular formula is C10H10BrN3S. The van der Waals surface area contributed by atoms with Crippen LogP contribution in [-0.2, 0) is 6.54 Å². The molecule has 2 rings (SSSR count). The van der Waals surface area contributed by atoms with E-state index in [0.717, 1.165) is 16.0 Å². The van der Waals surface area contributed by atoms with Crippen LogP contribution in [0.5, 0.6) is 0 Å². The van der Waals surface area contributed by atoms with Crippen molar-refractivity contribution in [3.63, 3.8) is 0 Å². The van der Waals surface area contributed by atoms with Gasteiger partial charge in [0, 0.05) is 11.6 Å². The summed E-state index contributed by atoms with van der Waals surface area (Å²) in [6.45, 7) is 2.75. The van der Waals surface area contributed by atoms with Crippen LogP contribution in [0.15, 0.2) is 27.6 Å². The molecule has 0 fully saturated rings. The number of pyridine rings is 1. The van der Waals surface area contributed by atoms with Crippen molar-refractivity contribution in [2.45, 2.75) is 13.5 Å². The Morgan fingerprint density at radius 2 is 2.33 bits per heavy atom. The van der Waals surface area contributed by atoms with Gasteiger partial charge in [0.15, 0.2) is 0 Å². The smallest absolute Gasteiger partial charge is 0.140 e. The maximum absolute atomic E-state index is 4.26. The molecule has 0 unspecified atom stereocenters. The number of rotatable bonds is 3. The van der Waals surface area contributed by atoms with Crippen LogP contribution in [0.3, 0.4) is 0 Å². The Labute approximate surface area is 101 Å². The lowest BCUT2D eigenvalue weighted by Crippen LogP contribution is -2.02. The summed E-state index contributed by atoms with van der Waals surface area (Å²) in [5.41, 5.74) is 4.04. The van der Waals surface area contributed by atoms with Crippen molar-refractivity contribution in [2.75, 3.05) is 5.32 Å². The van der Waals surface area contributed by atoms with Gasteiger partial charge in [-0.05, 0) is 34.5 Å². The molecule has 2 aromatic rings. The second kappa shape index (κ2) is 4.72. The van der Waals surface area contributed by atoms with Crippen LogP contribution in [-0.4, -0.2) is 9.97 Å². The van der Waals surface area contributed by atoms with E-state index in [-0.39, 0.29) is 0 Å². The molecule has 0 radical (unpaired) electrons. The van der Waals surface area contributed by atoms with Gasteiger partial charge in [-0.25, -0.2) is 9.97 Å². The third-order valence-corrected chi connectivity index (χ3v) is 3.64. The van der Waals surface area contributed by atoms with Crippen molar-refractivity contribution in [1.29, 1.82) is 0 Å². The molecule has 5 heteroatoms. The largest absolute Gasteiger partial charge is 0.363 e. The van der Waals surface area contributed by atoms with Crippen LogP contribution in [0.4, 0.5) is 5.82 Å². The highest BCUT2D eigenvalue weighted by molar-refractivity contribution is 9.10. The number of aryl methyl sites for hydroxylation is 1. The lowest BCUT2D eigenvalue weighted by molar-refractivity contribution is 1.05. The zero-order valence-electron chi connectivity index (χ0n) is 8.20. The molecule has 3 nitrogen and oxygen atoms in total. The van der Waals surface area contributed by atoms with Crippen LogP contribution < -0.4 is 5.32 Å². The Bertz CT molecular complexity index is 442. The van der Waals surface area contributed by atoms with Gasteiger partial charge in [0.25, 0.3) is 0 Å². The number of anilines is 1. The Hall–Kier alpha value is -0.940. The molecule has 0 atom stereocenters. The standard InChI is InChI=1S/C10H10BrN3S/c1-7-2-3-12-10(9(7)11)13-4-8-5-15-6-14-8/h2-3,5-6H,4H2,1H3,(H,12,13). The highest BCUT2D eigenvalue weighted by Crippen LogP contribution is 2.23. The Morgan fingerprint density at radius 3 is 3.07 bits per heavy atom. The maximum atomic E-state index is 4.26. The fourth-order valence-electron chi connectivity index (χ4n) is 1.16. The van der Waals surface area contributed by atoms with E-state index in [1.807, 2.05) is 23.9 Å². The summed E-state index contributed by atoms with van der Waals surface area (Å²) < 4.78 is 1.01. The van der Waals surface area contributed by atoms with Gasteiger partial charge in [-0.1, -0.05) is 0 Å². The Balaban J connectivity index is 2.08. The van der Waals surface area contributed by atoms with Crippen LogP contribution in [0, 0.1) is 6.92 Å². The van der Waals surface area contributed by atoms with E-state index >= 15 is 0 Å². The molecule has 0 saturated carbocycles. The summed E-state index contributed by atoms with van der Waals surface area (Å²) in [6.07, 6.45) is 1.80. The number of thiazole rings is 1. The van der Waals surface area contributed by atoms with Gasteiger partial charge >= 0.3 is 0 Å². The molecule has 15 heavy (non-hydrogen) atoms. The van der Waals surface area contributed by atoms with Crippen molar-refractivity contribution >= 4 is 33.1 Å². The monoisotopic (exact) mass is 283 g/mol. The van der Waals surface area contributed by atoms with Gasteiger partial charge in [0.05, 0.1) is 22.2 Å². The first-order chi connectivity index (χ1) is 7.27. The predicted molar refractivity (Wildman–Crippen MR) is 66.1 cm³/mol. The number of halogens is 1. The minimum atomic E-state index is 0.707. The lowest BCUT2D eigenvalue weighted by atomic mass is 10.3. The third-order valence-electron chi connectivity index (χ3n) is 2.00. The molecule has 0 aliphatic heterocycles. The molecule has 0 aliphatic rings. The van der Waals surface area contributed by atoms with Crippen molar-refractivity contribution in [3.8, 4) is 0 Å². The number of aromatic nitrogens is 2. The van der Waals surface area contributed by atoms with E-state index in [1.165, 1.54) is 5.56 Å². The first kappa shape index (κ1) is 10.6. The molecule has 2 heterocycles. The second-order valence-electron chi connectivity index (χ2n) is 3.12. The predicted octanol–water partition coefficient (Wildman–Crippen LogP) is 3.22. The zero-order valence-corrected chi connectivity index (χ0v) is 10.6. The topological polar surface area (TPSA) is 37.8 Å². The molecule has 2 aromatic heterocycles. The van der Waals surface area contributed by atoms with Gasteiger partial charge in [-0.2, -0.15) is 0 Å². The summed E-state index contributed by atoms with van der Waals surface area (Å²) in [7, 11) is 0. The number of nitrogens with zero attached hydrogens (tertiary/aromatic N) is 2. The number of nitrogens with one attached hydrogen (secondary N) is 1. The van der Waals surface area contributed by atoms with Gasteiger partial charge in [0.1, 0.15) is 5.82 Å². The SMILES string of the molecule is Cc1ccnc(NCc2cscn2)c1Br. The quantitative estimate of drug-likeness (QED) is 0.940. The summed E-state index contributed by atoms with van der Waals surface area (Å²) >= 11 is 5.10. The van der Waals surface area contributed by atoms with E-state index in [1.54, 1.807) is 17.5 Å². The minimum absolute atomic E-state index is 0.707. The van der Waals surface area contributed by atoms with Gasteiger partial charge in [-0.3, -0.25) is 0 Å². The molecule has 0 spiro atoms. The van der Waals surface area contributed by atoms with Crippen molar-refractivity contribution in [1.82, 2.24) is 9.97 Å². The molecule has 0 bridgehead atoms. The van der Waals surface area contributed by atoms with E-state index in [0.29, 0.717) is 6.54 Å². The van der Waals surface area contributed by atoms with Gasteiger partial charge in [0.2, 0.25) is 0 Å². The number of hydrogen-bond donors (Lipinski definition) is 1. The van der Waals surface area contributed by atoms with Crippen molar-refractivity contribution < 1.29 is 0 Å². The zero-order chi connectivity index (χ0) is 10.7. The van der Waals surface area contributed by atoms with Gasteiger partial charge in [-0.15, -0.1) is 11.3 Å². The molecule has 78 valence electrons.